The molecular weight excluding hydrogens is 192 g/mol. The summed E-state index contributed by atoms with van der Waals surface area (Å²) in [7, 11) is 0. The van der Waals surface area contributed by atoms with Crippen LogP contribution >= 0.6 is 0 Å². The van der Waals surface area contributed by atoms with E-state index in [1.54, 1.807) is 12.1 Å². The van der Waals surface area contributed by atoms with Gasteiger partial charge in [0.25, 0.3) is 5.91 Å². The summed E-state index contributed by atoms with van der Waals surface area (Å²) in [5.41, 5.74) is 0. The Morgan fingerprint density at radius 2 is 2.53 bits per heavy atom. The molecule has 2 atom stereocenters. The van der Waals surface area contributed by atoms with E-state index in [2.05, 4.69) is 17.6 Å². The summed E-state index contributed by atoms with van der Waals surface area (Å²) in [6.45, 7) is 3.13. The highest BCUT2D eigenvalue weighted by Gasteiger charge is 2.23. The lowest BCUT2D eigenvalue weighted by atomic mass is 10.00. The van der Waals surface area contributed by atoms with E-state index in [1.807, 2.05) is 0 Å². The fourth-order valence-corrected chi connectivity index (χ4v) is 1.89. The summed E-state index contributed by atoms with van der Waals surface area (Å²) in [6.07, 6.45) is 3.64. The predicted octanol–water partition coefficient (Wildman–Crippen LogP) is 1.15. The molecule has 15 heavy (non-hydrogen) atoms. The number of carbonyl (C=O) groups is 1. The first-order valence-corrected chi connectivity index (χ1v) is 5.35. The molecule has 1 aromatic heterocycles. The maximum atomic E-state index is 11.7. The van der Waals surface area contributed by atoms with Crippen molar-refractivity contribution in [2.24, 2.45) is 0 Å². The van der Waals surface area contributed by atoms with Crippen molar-refractivity contribution in [2.75, 3.05) is 6.54 Å². The van der Waals surface area contributed by atoms with E-state index in [-0.39, 0.29) is 11.9 Å². The Bertz CT molecular complexity index is 321. The number of furan rings is 1. The summed E-state index contributed by atoms with van der Waals surface area (Å²) in [6, 6.07) is 3.93. The Morgan fingerprint density at radius 1 is 1.67 bits per heavy atom. The monoisotopic (exact) mass is 208 g/mol. The molecular formula is C11H16N2O2. The highest BCUT2D eigenvalue weighted by Crippen LogP contribution is 2.09. The van der Waals surface area contributed by atoms with Crippen LogP contribution in [0.2, 0.25) is 0 Å². The van der Waals surface area contributed by atoms with Gasteiger partial charge < -0.3 is 15.1 Å². The van der Waals surface area contributed by atoms with Gasteiger partial charge in [0.05, 0.1) is 6.26 Å². The van der Waals surface area contributed by atoms with Gasteiger partial charge in [-0.2, -0.15) is 0 Å². The molecule has 1 aromatic rings. The number of carbonyl (C=O) groups excluding carboxylic acids is 1. The van der Waals surface area contributed by atoms with Gasteiger partial charge in [-0.05, 0) is 38.4 Å². The average Bonchev–Trinajstić information content (AvgIpc) is 2.74. The first-order valence-electron chi connectivity index (χ1n) is 5.35. The van der Waals surface area contributed by atoms with E-state index in [9.17, 15) is 4.79 Å². The zero-order chi connectivity index (χ0) is 10.7. The van der Waals surface area contributed by atoms with Crippen LogP contribution in [0, 0.1) is 0 Å². The number of rotatable bonds is 2. The average molecular weight is 208 g/mol. The van der Waals surface area contributed by atoms with Crippen LogP contribution in [0.5, 0.6) is 0 Å². The van der Waals surface area contributed by atoms with Crippen molar-refractivity contribution in [3.05, 3.63) is 24.2 Å². The van der Waals surface area contributed by atoms with Crippen LogP contribution in [0.15, 0.2) is 22.8 Å². The Kier molecular flexibility index (Phi) is 3.06. The largest absolute Gasteiger partial charge is 0.459 e. The fraction of sp³-hybridized carbons (Fsp3) is 0.545. The molecule has 4 heteroatoms. The second-order valence-corrected chi connectivity index (χ2v) is 3.94. The minimum atomic E-state index is -0.124. The van der Waals surface area contributed by atoms with Crippen LogP contribution in [0.25, 0.3) is 0 Å². The molecule has 1 aliphatic rings. The summed E-state index contributed by atoms with van der Waals surface area (Å²) in [5, 5.41) is 6.31. The van der Waals surface area contributed by atoms with E-state index >= 15 is 0 Å². The van der Waals surface area contributed by atoms with Crippen LogP contribution in [0.1, 0.15) is 30.3 Å². The normalized spacial score (nSPS) is 26.2. The quantitative estimate of drug-likeness (QED) is 0.766. The molecule has 0 spiro atoms. The second kappa shape index (κ2) is 4.49. The molecule has 1 aliphatic heterocycles. The van der Waals surface area contributed by atoms with Crippen LogP contribution in [-0.4, -0.2) is 24.5 Å². The van der Waals surface area contributed by atoms with Crippen molar-refractivity contribution >= 4 is 5.91 Å². The van der Waals surface area contributed by atoms with E-state index in [0.717, 1.165) is 19.4 Å². The van der Waals surface area contributed by atoms with Gasteiger partial charge in [0.2, 0.25) is 0 Å². The molecule has 2 heterocycles. The van der Waals surface area contributed by atoms with Crippen LogP contribution in [0.3, 0.4) is 0 Å². The lowest BCUT2D eigenvalue weighted by Crippen LogP contribution is -2.51. The highest BCUT2D eigenvalue weighted by molar-refractivity contribution is 5.91. The Balaban J connectivity index is 1.93. The van der Waals surface area contributed by atoms with Gasteiger partial charge >= 0.3 is 0 Å². The summed E-state index contributed by atoms with van der Waals surface area (Å²) in [5.74, 6) is 0.258. The number of hydrogen-bond acceptors (Lipinski definition) is 3. The Morgan fingerprint density at radius 3 is 3.20 bits per heavy atom. The smallest absolute Gasteiger partial charge is 0.287 e. The van der Waals surface area contributed by atoms with Crippen molar-refractivity contribution in [3.63, 3.8) is 0 Å². The maximum Gasteiger partial charge on any atom is 0.287 e. The third kappa shape index (κ3) is 2.39. The molecule has 1 fully saturated rings. The van der Waals surface area contributed by atoms with E-state index in [1.165, 1.54) is 6.26 Å². The molecule has 2 unspecified atom stereocenters. The topological polar surface area (TPSA) is 54.3 Å². The van der Waals surface area contributed by atoms with Gasteiger partial charge in [0, 0.05) is 12.1 Å². The first-order chi connectivity index (χ1) is 7.27. The standard InChI is InChI=1S/C11H16N2O2/c1-8-9(4-2-6-12-8)13-11(14)10-5-3-7-15-10/h3,5,7-9,12H,2,4,6H2,1H3,(H,13,14). The van der Waals surface area contributed by atoms with Gasteiger partial charge in [-0.1, -0.05) is 0 Å². The lowest BCUT2D eigenvalue weighted by molar-refractivity contribution is 0.0891. The van der Waals surface area contributed by atoms with Gasteiger partial charge in [0.1, 0.15) is 0 Å². The van der Waals surface area contributed by atoms with Crippen LogP contribution in [0.4, 0.5) is 0 Å². The third-order valence-corrected chi connectivity index (χ3v) is 2.82. The second-order valence-electron chi connectivity index (χ2n) is 3.94. The number of nitrogens with one attached hydrogen (secondary N) is 2. The van der Waals surface area contributed by atoms with Crippen molar-refractivity contribution in [1.29, 1.82) is 0 Å². The maximum absolute atomic E-state index is 11.7. The number of hydrogen-bond donors (Lipinski definition) is 2. The Labute approximate surface area is 89.0 Å². The van der Waals surface area contributed by atoms with E-state index < -0.39 is 0 Å². The lowest BCUT2D eigenvalue weighted by Gasteiger charge is -2.30. The van der Waals surface area contributed by atoms with Gasteiger partial charge in [-0.3, -0.25) is 4.79 Å². The summed E-state index contributed by atoms with van der Waals surface area (Å²) >= 11 is 0. The molecule has 2 rings (SSSR count). The zero-order valence-corrected chi connectivity index (χ0v) is 8.82. The van der Waals surface area contributed by atoms with Crippen molar-refractivity contribution in [3.8, 4) is 0 Å². The highest BCUT2D eigenvalue weighted by atomic mass is 16.3. The molecule has 1 saturated heterocycles. The summed E-state index contributed by atoms with van der Waals surface area (Å²) < 4.78 is 5.04. The first kappa shape index (κ1) is 10.2. The van der Waals surface area contributed by atoms with E-state index in [0.29, 0.717) is 11.8 Å². The van der Waals surface area contributed by atoms with Gasteiger partial charge in [-0.15, -0.1) is 0 Å². The van der Waals surface area contributed by atoms with Crippen molar-refractivity contribution in [1.82, 2.24) is 10.6 Å². The van der Waals surface area contributed by atoms with Crippen molar-refractivity contribution in [2.45, 2.75) is 31.8 Å². The summed E-state index contributed by atoms with van der Waals surface area (Å²) in [4.78, 5) is 11.7. The number of amides is 1. The molecule has 2 N–H and O–H groups in total. The molecule has 0 saturated carbocycles. The third-order valence-electron chi connectivity index (χ3n) is 2.82. The van der Waals surface area contributed by atoms with Crippen LogP contribution < -0.4 is 10.6 Å². The number of piperidine rings is 1. The van der Waals surface area contributed by atoms with E-state index in [4.69, 9.17) is 4.42 Å². The molecule has 0 bridgehead atoms. The van der Waals surface area contributed by atoms with Crippen LogP contribution in [-0.2, 0) is 0 Å². The van der Waals surface area contributed by atoms with Gasteiger partial charge in [0.15, 0.2) is 5.76 Å². The molecule has 82 valence electrons. The SMILES string of the molecule is CC1NCCCC1NC(=O)c1ccco1. The van der Waals surface area contributed by atoms with Crippen molar-refractivity contribution < 1.29 is 9.21 Å². The zero-order valence-electron chi connectivity index (χ0n) is 8.82. The molecule has 0 aromatic carbocycles. The minimum absolute atomic E-state index is 0.124. The molecule has 0 radical (unpaired) electrons. The minimum Gasteiger partial charge on any atom is -0.459 e. The molecule has 1 amide bonds. The fourth-order valence-electron chi connectivity index (χ4n) is 1.89. The predicted molar refractivity (Wildman–Crippen MR) is 56.7 cm³/mol. The molecule has 0 aliphatic carbocycles. The molecule has 4 nitrogen and oxygen atoms in total. The Hall–Kier alpha value is -1.29. The van der Waals surface area contributed by atoms with Gasteiger partial charge in [-0.25, -0.2) is 0 Å².